The zero-order valence-electron chi connectivity index (χ0n) is 17.2. The van der Waals surface area contributed by atoms with Crippen LogP contribution in [-0.2, 0) is 21.2 Å². The molecular weight excluding hydrogens is 424 g/mol. The summed E-state index contributed by atoms with van der Waals surface area (Å²) in [5.41, 5.74) is 0.850. The molecular formula is C20H26N4O4S2. The number of hydrogen-bond donors (Lipinski definition) is 0. The van der Waals surface area contributed by atoms with Crippen LogP contribution in [-0.4, -0.2) is 70.4 Å². The highest BCUT2D eigenvalue weighted by atomic mass is 32.2. The molecule has 1 unspecified atom stereocenters. The molecule has 0 bridgehead atoms. The topological polar surface area (TPSA) is 94.4 Å². The summed E-state index contributed by atoms with van der Waals surface area (Å²) in [5, 5.41) is 9.31. The van der Waals surface area contributed by atoms with Crippen molar-refractivity contribution < 1.29 is 17.9 Å². The summed E-state index contributed by atoms with van der Waals surface area (Å²) >= 11 is 1.35. The number of thioether (sulfide) groups is 1. The maximum Gasteiger partial charge on any atom is 0.233 e. The molecule has 0 radical (unpaired) electrons. The minimum Gasteiger partial charge on any atom is -0.496 e. The van der Waals surface area contributed by atoms with Crippen molar-refractivity contribution in [1.29, 1.82) is 0 Å². The number of rotatable bonds is 8. The number of aromatic nitrogens is 3. The number of amides is 1. The molecule has 4 rings (SSSR count). The molecule has 2 aromatic rings. The Kier molecular flexibility index (Phi) is 6.06. The lowest BCUT2D eigenvalue weighted by atomic mass is 10.2. The maximum atomic E-state index is 13.0. The Morgan fingerprint density at radius 2 is 2.00 bits per heavy atom. The summed E-state index contributed by atoms with van der Waals surface area (Å²) in [5.74, 6) is 1.88. The van der Waals surface area contributed by atoms with Crippen LogP contribution in [0, 0.1) is 0 Å². The van der Waals surface area contributed by atoms with Crippen LogP contribution in [0.3, 0.4) is 0 Å². The second kappa shape index (κ2) is 8.58. The Labute approximate surface area is 180 Å². The second-order valence-corrected chi connectivity index (χ2v) is 10.8. The highest BCUT2D eigenvalue weighted by Crippen LogP contribution is 2.34. The standard InChI is InChI=1S/C20H26N4O4S2/c1-3-23-19(16-6-4-5-7-17(16)28-2)21-22-20(23)29-12-18(25)24(14-8-9-14)15-10-11-30(26,27)13-15/h4-7,14-15H,3,8-13H2,1-2H3. The zero-order valence-corrected chi connectivity index (χ0v) is 18.8. The number of hydrogen-bond acceptors (Lipinski definition) is 7. The molecule has 1 amide bonds. The number of ether oxygens (including phenoxy) is 1. The Morgan fingerprint density at radius 3 is 2.63 bits per heavy atom. The number of nitrogens with zero attached hydrogens (tertiary/aromatic N) is 4. The van der Waals surface area contributed by atoms with E-state index in [0.29, 0.717) is 23.9 Å². The first-order valence-corrected chi connectivity index (χ1v) is 12.9. The van der Waals surface area contributed by atoms with Gasteiger partial charge in [0.15, 0.2) is 20.8 Å². The molecule has 10 heteroatoms. The average molecular weight is 451 g/mol. The first-order chi connectivity index (χ1) is 14.4. The van der Waals surface area contributed by atoms with E-state index in [1.165, 1.54) is 11.8 Å². The monoisotopic (exact) mass is 450 g/mol. The number of sulfone groups is 1. The molecule has 0 N–H and O–H groups in total. The van der Waals surface area contributed by atoms with E-state index in [-0.39, 0.29) is 35.2 Å². The van der Waals surface area contributed by atoms with Gasteiger partial charge in [-0.3, -0.25) is 4.79 Å². The molecule has 162 valence electrons. The van der Waals surface area contributed by atoms with Crippen molar-refractivity contribution in [3.8, 4) is 17.1 Å². The SMILES string of the molecule is CCn1c(SCC(=O)N(C2CC2)C2CCS(=O)(=O)C2)nnc1-c1ccccc1OC. The quantitative estimate of drug-likeness (QED) is 0.569. The molecule has 1 aromatic heterocycles. The predicted octanol–water partition coefficient (Wildman–Crippen LogP) is 2.24. The smallest absolute Gasteiger partial charge is 0.233 e. The van der Waals surface area contributed by atoms with Crippen molar-refractivity contribution in [1.82, 2.24) is 19.7 Å². The van der Waals surface area contributed by atoms with Gasteiger partial charge in [0, 0.05) is 18.6 Å². The fourth-order valence-electron chi connectivity index (χ4n) is 3.96. The Bertz CT molecular complexity index is 1030. The molecule has 1 atom stereocenters. The zero-order chi connectivity index (χ0) is 21.3. The first-order valence-electron chi connectivity index (χ1n) is 10.1. The van der Waals surface area contributed by atoms with Crippen LogP contribution in [0.1, 0.15) is 26.2 Å². The van der Waals surface area contributed by atoms with Crippen LogP contribution in [0.25, 0.3) is 11.4 Å². The van der Waals surface area contributed by atoms with Gasteiger partial charge in [-0.1, -0.05) is 23.9 Å². The maximum absolute atomic E-state index is 13.0. The molecule has 1 saturated heterocycles. The van der Waals surface area contributed by atoms with Crippen LogP contribution >= 0.6 is 11.8 Å². The fourth-order valence-corrected chi connectivity index (χ4v) is 6.55. The van der Waals surface area contributed by atoms with Crippen molar-refractivity contribution in [3.63, 3.8) is 0 Å². The summed E-state index contributed by atoms with van der Waals surface area (Å²) in [6, 6.07) is 7.63. The van der Waals surface area contributed by atoms with Crippen molar-refractivity contribution in [2.24, 2.45) is 0 Å². The van der Waals surface area contributed by atoms with Crippen LogP contribution in [0.2, 0.25) is 0 Å². The third kappa shape index (κ3) is 4.34. The Morgan fingerprint density at radius 1 is 1.23 bits per heavy atom. The fraction of sp³-hybridized carbons (Fsp3) is 0.550. The number of carbonyl (C=O) groups is 1. The van der Waals surface area contributed by atoms with Gasteiger partial charge in [0.25, 0.3) is 0 Å². The van der Waals surface area contributed by atoms with Gasteiger partial charge < -0.3 is 14.2 Å². The van der Waals surface area contributed by atoms with Crippen molar-refractivity contribution in [2.75, 3.05) is 24.4 Å². The minimum atomic E-state index is -3.03. The lowest BCUT2D eigenvalue weighted by Gasteiger charge is -2.28. The largest absolute Gasteiger partial charge is 0.496 e. The van der Waals surface area contributed by atoms with E-state index in [9.17, 15) is 13.2 Å². The molecule has 1 aliphatic carbocycles. The van der Waals surface area contributed by atoms with Gasteiger partial charge >= 0.3 is 0 Å². The van der Waals surface area contributed by atoms with E-state index >= 15 is 0 Å². The van der Waals surface area contributed by atoms with E-state index in [4.69, 9.17) is 4.74 Å². The van der Waals surface area contributed by atoms with Crippen molar-refractivity contribution >= 4 is 27.5 Å². The molecule has 1 aromatic carbocycles. The van der Waals surface area contributed by atoms with Crippen LogP contribution in [0.4, 0.5) is 0 Å². The highest BCUT2D eigenvalue weighted by Gasteiger charge is 2.42. The van der Waals surface area contributed by atoms with Gasteiger partial charge in [-0.15, -0.1) is 10.2 Å². The van der Waals surface area contributed by atoms with Crippen LogP contribution in [0.5, 0.6) is 5.75 Å². The van der Waals surface area contributed by atoms with Crippen LogP contribution in [0.15, 0.2) is 29.4 Å². The molecule has 0 spiro atoms. The van der Waals surface area contributed by atoms with E-state index in [1.54, 1.807) is 7.11 Å². The third-order valence-electron chi connectivity index (χ3n) is 5.54. The molecule has 8 nitrogen and oxygen atoms in total. The number of carbonyl (C=O) groups excluding carboxylic acids is 1. The molecule has 30 heavy (non-hydrogen) atoms. The number of methoxy groups -OCH3 is 1. The summed E-state index contributed by atoms with van der Waals surface area (Å²) < 4.78 is 31.2. The third-order valence-corrected chi connectivity index (χ3v) is 8.24. The first kappa shape index (κ1) is 21.2. The van der Waals surface area contributed by atoms with Gasteiger partial charge in [-0.2, -0.15) is 0 Å². The number of para-hydroxylation sites is 1. The van der Waals surface area contributed by atoms with Gasteiger partial charge in [0.2, 0.25) is 5.91 Å². The number of benzene rings is 1. The van der Waals surface area contributed by atoms with Gasteiger partial charge in [-0.25, -0.2) is 8.42 Å². The highest BCUT2D eigenvalue weighted by molar-refractivity contribution is 7.99. The van der Waals surface area contributed by atoms with E-state index in [2.05, 4.69) is 10.2 Å². The summed E-state index contributed by atoms with van der Waals surface area (Å²) in [6.07, 6.45) is 2.45. The predicted molar refractivity (Wildman–Crippen MR) is 115 cm³/mol. The van der Waals surface area contributed by atoms with Gasteiger partial charge in [-0.05, 0) is 38.3 Å². The van der Waals surface area contributed by atoms with Crippen molar-refractivity contribution in [2.45, 2.75) is 50.0 Å². The van der Waals surface area contributed by atoms with E-state index in [0.717, 1.165) is 24.2 Å². The van der Waals surface area contributed by atoms with E-state index < -0.39 is 9.84 Å². The summed E-state index contributed by atoms with van der Waals surface area (Å²) in [6.45, 7) is 2.66. The molecule has 2 aliphatic rings. The summed E-state index contributed by atoms with van der Waals surface area (Å²) in [4.78, 5) is 14.8. The molecule has 2 fully saturated rings. The van der Waals surface area contributed by atoms with Crippen LogP contribution < -0.4 is 4.74 Å². The Balaban J connectivity index is 1.49. The minimum absolute atomic E-state index is 0.0194. The molecule has 2 heterocycles. The lowest BCUT2D eigenvalue weighted by Crippen LogP contribution is -2.43. The normalized spacial score (nSPS) is 20.3. The lowest BCUT2D eigenvalue weighted by molar-refractivity contribution is -0.130. The average Bonchev–Trinajstić information content (AvgIpc) is 3.37. The van der Waals surface area contributed by atoms with Gasteiger partial charge in [0.1, 0.15) is 5.75 Å². The Hall–Kier alpha value is -2.07. The summed E-state index contributed by atoms with van der Waals surface area (Å²) in [7, 11) is -1.41. The molecule has 1 aliphatic heterocycles. The molecule has 1 saturated carbocycles. The second-order valence-electron chi connectivity index (χ2n) is 7.63. The van der Waals surface area contributed by atoms with Gasteiger partial charge in [0.05, 0.1) is 29.9 Å². The van der Waals surface area contributed by atoms with E-state index in [1.807, 2.05) is 40.7 Å². The van der Waals surface area contributed by atoms with Crippen molar-refractivity contribution in [3.05, 3.63) is 24.3 Å².